The second-order valence-electron chi connectivity index (χ2n) is 7.74. The van der Waals surface area contributed by atoms with Crippen molar-refractivity contribution in [1.82, 2.24) is 0 Å². The number of unbranched alkanes of at least 4 members (excludes halogenated alkanes) is 1. The maximum atomic E-state index is 2.59. The molecular formula is C24H30Cl2SiTi. The van der Waals surface area contributed by atoms with E-state index in [1.807, 2.05) is 3.88 Å². The molecule has 0 spiro atoms. The molecular weight excluding hydrogens is 435 g/mol. The molecule has 0 fully saturated rings. The molecule has 4 rings (SSSR count). The van der Waals surface area contributed by atoms with Crippen LogP contribution in [-0.2, 0) is 16.6 Å². The molecule has 28 heavy (non-hydrogen) atoms. The summed E-state index contributed by atoms with van der Waals surface area (Å²) in [6.45, 7) is 7.49. The van der Waals surface area contributed by atoms with Gasteiger partial charge in [-0.15, -0.1) is 24.8 Å². The van der Waals surface area contributed by atoms with Gasteiger partial charge in [0.15, 0.2) is 0 Å². The fourth-order valence-corrected chi connectivity index (χ4v) is 17.4. The zero-order valence-electron chi connectivity index (χ0n) is 17.0. The third kappa shape index (κ3) is 4.30. The number of rotatable bonds is 5. The molecule has 0 nitrogen and oxygen atoms in total. The van der Waals surface area contributed by atoms with Gasteiger partial charge in [0.25, 0.3) is 0 Å². The first kappa shape index (κ1) is 23.7. The summed E-state index contributed by atoms with van der Waals surface area (Å²) < 4.78 is 2.62. The van der Waals surface area contributed by atoms with Crippen LogP contribution in [0.3, 0.4) is 0 Å². The molecule has 0 aliphatic heterocycles. The van der Waals surface area contributed by atoms with E-state index in [2.05, 4.69) is 80.7 Å². The van der Waals surface area contributed by atoms with Gasteiger partial charge in [0.1, 0.15) is 0 Å². The van der Waals surface area contributed by atoms with Crippen LogP contribution in [0.5, 0.6) is 0 Å². The van der Waals surface area contributed by atoms with Gasteiger partial charge in [0, 0.05) is 0 Å². The van der Waals surface area contributed by atoms with E-state index in [0.29, 0.717) is 4.22 Å². The van der Waals surface area contributed by atoms with Crippen molar-refractivity contribution in [2.24, 2.45) is 0 Å². The minimum Gasteiger partial charge on any atom is -0.147 e. The summed E-state index contributed by atoms with van der Waals surface area (Å²) in [6, 6.07) is 18.5. The van der Waals surface area contributed by atoms with E-state index in [1.165, 1.54) is 36.8 Å². The molecule has 0 bridgehead atoms. The Balaban J connectivity index is 0.00000140. The summed E-state index contributed by atoms with van der Waals surface area (Å²) in [7, 11) is 0. The van der Waals surface area contributed by atoms with Gasteiger partial charge in [-0.25, -0.2) is 0 Å². The Bertz CT molecular complexity index is 894. The van der Waals surface area contributed by atoms with E-state index < -0.39 is 16.6 Å². The predicted molar refractivity (Wildman–Crippen MR) is 126 cm³/mol. The second-order valence-corrected chi connectivity index (χ2v) is 19.8. The van der Waals surface area contributed by atoms with Crippen molar-refractivity contribution in [1.29, 1.82) is 0 Å². The first-order chi connectivity index (χ1) is 12.7. The Kier molecular flexibility index (Phi) is 8.85. The molecule has 2 aliphatic rings. The molecule has 0 saturated carbocycles. The van der Waals surface area contributed by atoms with Gasteiger partial charge in [0.05, 0.1) is 0 Å². The topological polar surface area (TPSA) is 0 Å². The van der Waals surface area contributed by atoms with Crippen molar-refractivity contribution in [3.05, 3.63) is 81.3 Å². The molecule has 0 aromatic heterocycles. The van der Waals surface area contributed by atoms with Crippen LogP contribution in [0.25, 0.3) is 11.1 Å². The smallest absolute Gasteiger partial charge is 0.147 e. The molecule has 148 valence electrons. The van der Waals surface area contributed by atoms with E-state index in [4.69, 9.17) is 0 Å². The molecule has 0 amide bonds. The summed E-state index contributed by atoms with van der Waals surface area (Å²) in [5.74, 6) is 0. The molecule has 0 heterocycles. The van der Waals surface area contributed by atoms with Crippen molar-refractivity contribution >= 4 is 31.0 Å². The van der Waals surface area contributed by atoms with Crippen molar-refractivity contribution in [2.45, 2.75) is 49.9 Å². The molecule has 2 aliphatic carbocycles. The van der Waals surface area contributed by atoms with Gasteiger partial charge in [-0.1, -0.05) is 0 Å². The van der Waals surface area contributed by atoms with Crippen LogP contribution in [0.2, 0.25) is 13.1 Å². The van der Waals surface area contributed by atoms with Crippen molar-refractivity contribution < 1.29 is 16.6 Å². The van der Waals surface area contributed by atoms with Gasteiger partial charge in [-0.2, -0.15) is 0 Å². The minimum atomic E-state index is -1.42. The third-order valence-electron chi connectivity index (χ3n) is 5.81. The summed E-state index contributed by atoms with van der Waals surface area (Å²) in [5.41, 5.74) is 7.98. The van der Waals surface area contributed by atoms with Crippen molar-refractivity contribution in [3.63, 3.8) is 0 Å². The third-order valence-corrected chi connectivity index (χ3v) is 18.1. The average Bonchev–Trinajstić information content (AvgIpc) is 3.24. The first-order valence-electron chi connectivity index (χ1n) is 9.97. The van der Waals surface area contributed by atoms with E-state index in [9.17, 15) is 0 Å². The molecule has 0 radical (unpaired) electrons. The van der Waals surface area contributed by atoms with E-state index >= 15 is 0 Å². The van der Waals surface area contributed by atoms with Gasteiger partial charge < -0.3 is 0 Å². The number of fused-ring (bicyclic) bond motifs is 3. The monoisotopic (exact) mass is 464 g/mol. The standard InChI is InChI=1S/C13H9.C9H13.C2H6Si.2ClH.Ti/c1-3-7-12-10(5-1)9-11-6-2-4-8-13(11)12;1-2-3-6-9-7-4-5-8-9;1-3-2;;;/h1-9H;4,7H,2-3,5-6H2,1H3;1-2H3;2*1H;. The Morgan fingerprint density at radius 1 is 0.929 bits per heavy atom. The second kappa shape index (κ2) is 10.5. The van der Waals surface area contributed by atoms with Gasteiger partial charge in [-0.3, -0.25) is 0 Å². The van der Waals surface area contributed by atoms with Gasteiger partial charge >= 0.3 is 165 Å². The molecule has 4 heteroatoms. The minimum absolute atomic E-state index is 0. The number of hydrogen-bond acceptors (Lipinski definition) is 0. The average molecular weight is 465 g/mol. The molecule has 2 aromatic carbocycles. The molecule has 0 N–H and O–H groups in total. The van der Waals surface area contributed by atoms with Crippen molar-refractivity contribution in [3.8, 4) is 11.1 Å². The van der Waals surface area contributed by atoms with Gasteiger partial charge in [-0.05, 0) is 0 Å². The number of allylic oxidation sites excluding steroid dienone is 4. The fraction of sp³-hybridized carbons (Fsp3) is 0.333. The van der Waals surface area contributed by atoms with E-state index in [-0.39, 0.29) is 31.0 Å². The SMILES string of the molecule is CCCCC1=[C]([Ti]([CH]2c3ccccc3-c3ccccc32)=[Si](C)C)CC=C1.Cl.Cl. The van der Waals surface area contributed by atoms with Crippen LogP contribution < -0.4 is 0 Å². The maximum absolute atomic E-state index is 2.59. The van der Waals surface area contributed by atoms with Crippen molar-refractivity contribution in [2.75, 3.05) is 0 Å². The number of hydrogen-bond donors (Lipinski definition) is 0. The van der Waals surface area contributed by atoms with Crippen LogP contribution in [0.4, 0.5) is 0 Å². The largest absolute Gasteiger partial charge is 0.147 e. The zero-order chi connectivity index (χ0) is 18.1. The first-order valence-corrected chi connectivity index (χ1v) is 16.5. The summed E-state index contributed by atoms with van der Waals surface area (Å²) in [5, 5.41) is 0. The van der Waals surface area contributed by atoms with E-state index in [1.54, 1.807) is 16.7 Å². The van der Waals surface area contributed by atoms with Crippen LogP contribution in [0, 0.1) is 0 Å². The van der Waals surface area contributed by atoms with Crippen LogP contribution in [-0.4, -0.2) is 6.19 Å². The quantitative estimate of drug-likeness (QED) is 0.394. The van der Waals surface area contributed by atoms with Crippen LogP contribution >= 0.6 is 24.8 Å². The molecule has 0 saturated heterocycles. The Morgan fingerprint density at radius 2 is 1.50 bits per heavy atom. The fourth-order valence-electron chi connectivity index (χ4n) is 4.67. The van der Waals surface area contributed by atoms with Crippen LogP contribution in [0.1, 0.15) is 48.0 Å². The zero-order valence-corrected chi connectivity index (χ0v) is 21.2. The van der Waals surface area contributed by atoms with Crippen LogP contribution in [0.15, 0.2) is 70.1 Å². The molecule has 0 atom stereocenters. The predicted octanol–water partition coefficient (Wildman–Crippen LogP) is 7.87. The Labute approximate surface area is 189 Å². The Morgan fingerprint density at radius 3 is 2.04 bits per heavy atom. The van der Waals surface area contributed by atoms with Gasteiger partial charge in [0.2, 0.25) is 0 Å². The van der Waals surface area contributed by atoms with E-state index in [0.717, 1.165) is 0 Å². The summed E-state index contributed by atoms with van der Waals surface area (Å²) in [4.78, 5) is 0. The number of benzene rings is 2. The number of halogens is 2. The summed E-state index contributed by atoms with van der Waals surface area (Å²) >= 11 is -1.42. The maximum Gasteiger partial charge on any atom is -0.147 e. The normalized spacial score (nSPS) is 14.2. The Hall–Kier alpha value is -0.569. The molecule has 0 unspecified atom stereocenters. The summed E-state index contributed by atoms with van der Waals surface area (Å²) in [6.07, 6.45) is 9.78. The molecule has 2 aromatic rings.